The maximum atomic E-state index is 13.8. The second-order valence-electron chi connectivity index (χ2n) is 4.39. The highest BCUT2D eigenvalue weighted by Crippen LogP contribution is 2.24. The summed E-state index contributed by atoms with van der Waals surface area (Å²) in [5, 5.41) is 8.77. The van der Waals surface area contributed by atoms with Crippen LogP contribution in [-0.4, -0.2) is 8.42 Å². The minimum atomic E-state index is -3.91. The molecule has 0 amide bonds. The highest BCUT2D eigenvalue weighted by atomic mass is 79.9. The second-order valence-corrected chi connectivity index (χ2v) is 6.90. The largest absolute Gasteiger partial charge is 0.283 e. The van der Waals surface area contributed by atoms with Crippen molar-refractivity contribution >= 4 is 31.6 Å². The molecule has 2 aromatic carbocycles. The molecule has 0 bridgehead atoms. The van der Waals surface area contributed by atoms with E-state index < -0.39 is 31.9 Å². The van der Waals surface area contributed by atoms with Crippen molar-refractivity contribution in [3.05, 3.63) is 63.6 Å². The number of benzene rings is 2. The lowest BCUT2D eigenvalue weighted by atomic mass is 10.2. The molecule has 0 aromatic heterocycles. The van der Waals surface area contributed by atoms with E-state index >= 15 is 0 Å². The number of rotatable bonds is 4. The number of sulfonamides is 1. The number of halogens is 3. The van der Waals surface area contributed by atoms with E-state index in [0.29, 0.717) is 0 Å². The minimum absolute atomic E-state index is 0.169. The van der Waals surface area contributed by atoms with Crippen molar-refractivity contribution < 1.29 is 17.2 Å². The van der Waals surface area contributed by atoms with Gasteiger partial charge in [-0.25, -0.2) is 17.2 Å². The van der Waals surface area contributed by atoms with Crippen LogP contribution in [0, 0.1) is 23.0 Å². The zero-order chi connectivity index (χ0) is 16.3. The lowest BCUT2D eigenvalue weighted by Gasteiger charge is -2.10. The molecule has 0 fully saturated rings. The second kappa shape index (κ2) is 6.42. The van der Waals surface area contributed by atoms with Gasteiger partial charge in [0.25, 0.3) is 0 Å². The van der Waals surface area contributed by atoms with Crippen LogP contribution in [0.4, 0.5) is 14.5 Å². The summed E-state index contributed by atoms with van der Waals surface area (Å²) in [6, 6.07) is 9.80. The molecule has 0 heterocycles. The van der Waals surface area contributed by atoms with E-state index in [1.54, 1.807) is 0 Å². The Hall–Kier alpha value is -1.98. The third-order valence-electron chi connectivity index (χ3n) is 2.73. The Balaban J connectivity index is 2.25. The summed E-state index contributed by atoms with van der Waals surface area (Å²) in [6.45, 7) is 0. The third kappa shape index (κ3) is 3.81. The summed E-state index contributed by atoms with van der Waals surface area (Å²) >= 11 is 2.72. The van der Waals surface area contributed by atoms with Gasteiger partial charge in [0.05, 0.1) is 21.9 Å². The van der Waals surface area contributed by atoms with Crippen LogP contribution in [0.3, 0.4) is 0 Å². The molecule has 0 atom stereocenters. The fraction of sp³-hybridized carbons (Fsp3) is 0.0714. The molecule has 0 saturated heterocycles. The maximum absolute atomic E-state index is 13.8. The van der Waals surface area contributed by atoms with E-state index in [-0.39, 0.29) is 16.8 Å². The minimum Gasteiger partial charge on any atom is -0.283 e. The third-order valence-corrected chi connectivity index (χ3v) is 4.69. The molecule has 0 spiro atoms. The van der Waals surface area contributed by atoms with Crippen LogP contribution < -0.4 is 4.72 Å². The van der Waals surface area contributed by atoms with Gasteiger partial charge in [-0.1, -0.05) is 12.1 Å². The maximum Gasteiger partial charge on any atom is 0.237 e. The lowest BCUT2D eigenvalue weighted by Crippen LogP contribution is -2.16. The van der Waals surface area contributed by atoms with Gasteiger partial charge in [-0.05, 0) is 40.2 Å². The molecule has 114 valence electrons. The Morgan fingerprint density at radius 2 is 1.95 bits per heavy atom. The van der Waals surface area contributed by atoms with Gasteiger partial charge in [-0.2, -0.15) is 5.26 Å². The topological polar surface area (TPSA) is 70.0 Å². The first-order valence-electron chi connectivity index (χ1n) is 5.95. The van der Waals surface area contributed by atoms with Gasteiger partial charge >= 0.3 is 0 Å². The van der Waals surface area contributed by atoms with Gasteiger partial charge in [-0.15, -0.1) is 0 Å². The van der Waals surface area contributed by atoms with Crippen molar-refractivity contribution in [1.29, 1.82) is 5.26 Å². The van der Waals surface area contributed by atoms with Crippen LogP contribution >= 0.6 is 15.9 Å². The highest BCUT2D eigenvalue weighted by molar-refractivity contribution is 9.10. The molecule has 22 heavy (non-hydrogen) atoms. The monoisotopic (exact) mass is 386 g/mol. The molecule has 0 unspecified atom stereocenters. The zero-order valence-electron chi connectivity index (χ0n) is 11.0. The standard InChI is InChI=1S/C14H9BrF2N2O2S/c15-13-12(16)5-4-10(14(13)17)8-22(20,21)19-11-3-1-2-9(6-11)7-18/h1-6,19H,8H2. The number of nitrogens with zero attached hydrogens (tertiary/aromatic N) is 1. The summed E-state index contributed by atoms with van der Waals surface area (Å²) < 4.78 is 52.9. The van der Waals surface area contributed by atoms with Gasteiger partial charge in [0, 0.05) is 11.3 Å². The highest BCUT2D eigenvalue weighted by Gasteiger charge is 2.18. The summed E-state index contributed by atoms with van der Waals surface area (Å²) in [6.07, 6.45) is 0. The van der Waals surface area contributed by atoms with Crippen molar-refractivity contribution in [2.45, 2.75) is 5.75 Å². The van der Waals surface area contributed by atoms with E-state index in [4.69, 9.17) is 5.26 Å². The fourth-order valence-electron chi connectivity index (χ4n) is 1.75. The van der Waals surface area contributed by atoms with E-state index in [0.717, 1.165) is 12.1 Å². The molecule has 0 radical (unpaired) electrons. The molecule has 2 rings (SSSR count). The Bertz CT molecular complexity index is 864. The molecular weight excluding hydrogens is 378 g/mol. The van der Waals surface area contributed by atoms with Gasteiger partial charge in [-0.3, -0.25) is 4.72 Å². The van der Waals surface area contributed by atoms with Crippen molar-refractivity contribution in [3.63, 3.8) is 0 Å². The first-order valence-corrected chi connectivity index (χ1v) is 8.40. The number of hydrogen-bond donors (Lipinski definition) is 1. The Kier molecular flexibility index (Phi) is 4.78. The molecule has 0 saturated carbocycles. The number of nitriles is 1. The molecule has 2 aromatic rings. The SMILES string of the molecule is N#Cc1cccc(NS(=O)(=O)Cc2ccc(F)c(Br)c2F)c1. The average Bonchev–Trinajstić information content (AvgIpc) is 2.47. The quantitative estimate of drug-likeness (QED) is 0.816. The van der Waals surface area contributed by atoms with Crippen LogP contribution in [0.5, 0.6) is 0 Å². The number of nitrogens with one attached hydrogen (secondary N) is 1. The Morgan fingerprint density at radius 1 is 1.23 bits per heavy atom. The van der Waals surface area contributed by atoms with Gasteiger partial charge in [0.2, 0.25) is 10.0 Å². The predicted octanol–water partition coefficient (Wildman–Crippen LogP) is 3.54. The molecule has 8 heteroatoms. The number of hydrogen-bond acceptors (Lipinski definition) is 3. The van der Waals surface area contributed by atoms with E-state index in [9.17, 15) is 17.2 Å². The smallest absolute Gasteiger partial charge is 0.237 e. The summed E-state index contributed by atoms with van der Waals surface area (Å²) in [5.41, 5.74) is 0.314. The first kappa shape index (κ1) is 16.4. The zero-order valence-corrected chi connectivity index (χ0v) is 13.4. The summed E-state index contributed by atoms with van der Waals surface area (Å²) in [7, 11) is -3.91. The lowest BCUT2D eigenvalue weighted by molar-refractivity contribution is 0.561. The van der Waals surface area contributed by atoms with Crippen LogP contribution in [0.15, 0.2) is 40.9 Å². The Morgan fingerprint density at radius 3 is 2.64 bits per heavy atom. The van der Waals surface area contributed by atoms with Gasteiger partial charge in [0.15, 0.2) is 0 Å². The van der Waals surface area contributed by atoms with E-state index in [1.807, 2.05) is 6.07 Å². The van der Waals surface area contributed by atoms with E-state index in [2.05, 4.69) is 20.7 Å². The van der Waals surface area contributed by atoms with Crippen LogP contribution in [0.2, 0.25) is 0 Å². The molecule has 4 nitrogen and oxygen atoms in total. The number of anilines is 1. The van der Waals surface area contributed by atoms with Gasteiger partial charge < -0.3 is 0 Å². The van der Waals surface area contributed by atoms with Crippen molar-refractivity contribution in [2.24, 2.45) is 0 Å². The summed E-state index contributed by atoms with van der Waals surface area (Å²) in [5.74, 6) is -2.43. The van der Waals surface area contributed by atoms with Crippen molar-refractivity contribution in [2.75, 3.05) is 4.72 Å². The molecule has 1 N–H and O–H groups in total. The van der Waals surface area contributed by atoms with E-state index in [1.165, 1.54) is 24.3 Å². The Labute approximate surface area is 134 Å². The average molecular weight is 387 g/mol. The van der Waals surface area contributed by atoms with Crippen molar-refractivity contribution in [1.82, 2.24) is 0 Å². The first-order chi connectivity index (χ1) is 10.3. The normalized spacial score (nSPS) is 11.0. The predicted molar refractivity (Wildman–Crippen MR) is 81.5 cm³/mol. The van der Waals surface area contributed by atoms with Crippen LogP contribution in [0.1, 0.15) is 11.1 Å². The molecule has 0 aliphatic carbocycles. The van der Waals surface area contributed by atoms with Crippen molar-refractivity contribution in [3.8, 4) is 6.07 Å². The molecule has 0 aliphatic rings. The van der Waals surface area contributed by atoms with Gasteiger partial charge in [0.1, 0.15) is 11.6 Å². The van der Waals surface area contributed by atoms with Crippen LogP contribution in [-0.2, 0) is 15.8 Å². The molecular formula is C14H9BrF2N2O2S. The fourth-order valence-corrected chi connectivity index (χ4v) is 3.33. The summed E-state index contributed by atoms with van der Waals surface area (Å²) in [4.78, 5) is 0. The molecule has 0 aliphatic heterocycles. The van der Waals surface area contributed by atoms with Crippen LogP contribution in [0.25, 0.3) is 0 Å².